The van der Waals surface area contributed by atoms with Crippen LogP contribution in [0.1, 0.15) is 0 Å². The summed E-state index contributed by atoms with van der Waals surface area (Å²) in [6.45, 7) is 0. The van der Waals surface area contributed by atoms with Crippen LogP contribution < -0.4 is 11.2 Å². The summed E-state index contributed by atoms with van der Waals surface area (Å²) in [7, 11) is -4.01. The van der Waals surface area contributed by atoms with Crippen LogP contribution in [-0.2, 0) is 24.9 Å². The quantitative estimate of drug-likeness (QED) is 0.150. The van der Waals surface area contributed by atoms with Crippen molar-refractivity contribution < 1.29 is 18.7 Å². The van der Waals surface area contributed by atoms with E-state index in [1.165, 1.54) is 0 Å². The molecule has 0 aromatic carbocycles. The second kappa shape index (κ2) is 5.46. The number of nitrogens with two attached hydrogens (primary N) is 1. The number of nitrogens with zero attached hydrogens (tertiary/aromatic N) is 1. The minimum atomic E-state index is -4.01. The van der Waals surface area contributed by atoms with Gasteiger partial charge >= 0.3 is 5.97 Å². The molecule has 0 aromatic heterocycles. The molecule has 0 aliphatic carbocycles. The Bertz CT molecular complexity index is 355. The molecule has 0 heterocycles. The molecule has 0 saturated heterocycles. The van der Waals surface area contributed by atoms with E-state index in [4.69, 9.17) is 20.8 Å². The fourth-order valence-corrected chi connectivity index (χ4v) is 2.22. The van der Waals surface area contributed by atoms with E-state index in [0.717, 1.165) is 0 Å². The third kappa shape index (κ3) is 4.61. The molecular weight excluding hydrogens is 264 g/mol. The average Bonchev–Trinajstić information content (AvgIpc) is 2.00. The molecule has 88 valence electrons. The number of hydrogen-bond donors (Lipinski definition) is 6. The standard InChI is InChI=1S/C4H10N4O4S3/c5-4(6)7-8(15(11,12)14)2(1-13)3(9)10/h2,13H,1H2,(H,9,10)(H4,5,6,7)(H,11,12,14)/t2-/m0/s1. The molecule has 0 rings (SSSR count). The van der Waals surface area contributed by atoms with Crippen molar-refractivity contribution in [1.29, 1.82) is 5.41 Å². The first-order valence-electron chi connectivity index (χ1n) is 3.41. The summed E-state index contributed by atoms with van der Waals surface area (Å²) in [4.78, 5) is 10.7. The van der Waals surface area contributed by atoms with Gasteiger partial charge in [-0.3, -0.25) is 20.2 Å². The average molecular weight is 274 g/mol. The topological polar surface area (TPSA) is 140 Å². The van der Waals surface area contributed by atoms with Crippen LogP contribution in [0.25, 0.3) is 0 Å². The third-order valence-corrected chi connectivity index (χ3v) is 2.89. The number of carboxylic acids is 1. The number of thiol groups is 1. The van der Waals surface area contributed by atoms with Crippen molar-refractivity contribution in [2.75, 3.05) is 5.75 Å². The molecule has 0 spiro atoms. The van der Waals surface area contributed by atoms with Gasteiger partial charge in [-0.05, 0) is 0 Å². The maximum absolute atomic E-state index is 11.1. The lowest BCUT2D eigenvalue weighted by molar-refractivity contribution is -0.141. The molecule has 2 atom stereocenters. The molecule has 0 bridgehead atoms. The fraction of sp³-hybridized carbons (Fsp3) is 0.500. The highest BCUT2D eigenvalue weighted by Gasteiger charge is 2.31. The molecule has 8 nitrogen and oxygen atoms in total. The Morgan fingerprint density at radius 3 is 2.47 bits per heavy atom. The smallest absolute Gasteiger partial charge is 0.324 e. The second-order valence-electron chi connectivity index (χ2n) is 2.34. The molecular formula is C4H10N4O4S3. The lowest BCUT2D eigenvalue weighted by atomic mass is 10.4. The molecule has 15 heavy (non-hydrogen) atoms. The highest BCUT2D eigenvalue weighted by molar-refractivity contribution is 8.28. The van der Waals surface area contributed by atoms with E-state index < -0.39 is 26.9 Å². The Kier molecular flexibility index (Phi) is 5.23. The van der Waals surface area contributed by atoms with Crippen LogP contribution in [0.4, 0.5) is 0 Å². The van der Waals surface area contributed by atoms with Gasteiger partial charge in [0.1, 0.15) is 0 Å². The summed E-state index contributed by atoms with van der Waals surface area (Å²) in [6.07, 6.45) is 0. The summed E-state index contributed by atoms with van der Waals surface area (Å²) in [5.74, 6) is -2.39. The van der Waals surface area contributed by atoms with Gasteiger partial charge in [0.15, 0.2) is 6.04 Å². The van der Waals surface area contributed by atoms with Crippen molar-refractivity contribution in [3.05, 3.63) is 0 Å². The minimum Gasteiger partial charge on any atom is -0.480 e. The first-order chi connectivity index (χ1) is 6.70. The van der Waals surface area contributed by atoms with E-state index in [1.807, 2.05) is 5.43 Å². The van der Waals surface area contributed by atoms with Gasteiger partial charge in [0.2, 0.25) is 14.9 Å². The molecule has 0 aliphatic heterocycles. The van der Waals surface area contributed by atoms with E-state index in [-0.39, 0.29) is 5.75 Å². The Morgan fingerprint density at radius 1 is 1.80 bits per heavy atom. The number of rotatable bonds is 5. The SMILES string of the molecule is N=C(N)NN([C@@H](CS)C(=O)O)S(=O)(O)=S. The third-order valence-electron chi connectivity index (χ3n) is 1.22. The normalized spacial score (nSPS) is 16.7. The predicted octanol–water partition coefficient (Wildman–Crippen LogP) is -1.80. The Hall–Kier alpha value is -0.620. The van der Waals surface area contributed by atoms with Crippen LogP contribution in [0, 0.1) is 5.41 Å². The van der Waals surface area contributed by atoms with Crippen molar-refractivity contribution in [2.24, 2.45) is 5.73 Å². The summed E-state index contributed by atoms with van der Waals surface area (Å²) >= 11 is 7.88. The number of aliphatic carboxylic acids is 1. The van der Waals surface area contributed by atoms with Crippen LogP contribution in [-0.4, -0.2) is 42.0 Å². The number of carbonyl (C=O) groups is 1. The first kappa shape index (κ1) is 14.4. The van der Waals surface area contributed by atoms with Gasteiger partial charge in [0.25, 0.3) is 0 Å². The molecule has 0 aromatic rings. The summed E-state index contributed by atoms with van der Waals surface area (Å²) in [5.41, 5.74) is 6.80. The number of carboxylic acid groups (broad SMARTS) is 1. The fourth-order valence-electron chi connectivity index (χ4n) is 0.668. The second-order valence-corrected chi connectivity index (χ2v) is 5.29. The van der Waals surface area contributed by atoms with Crippen molar-refractivity contribution in [3.63, 3.8) is 0 Å². The van der Waals surface area contributed by atoms with Crippen LogP contribution in [0.3, 0.4) is 0 Å². The Morgan fingerprint density at radius 2 is 2.27 bits per heavy atom. The summed E-state index contributed by atoms with van der Waals surface area (Å²) in [5, 5.41) is 15.5. The predicted molar refractivity (Wildman–Crippen MR) is 60.3 cm³/mol. The molecule has 6 N–H and O–H groups in total. The van der Waals surface area contributed by atoms with Gasteiger partial charge in [-0.1, -0.05) is 4.41 Å². The number of nitrogens with one attached hydrogen (secondary N) is 2. The molecule has 1 unspecified atom stereocenters. The van der Waals surface area contributed by atoms with Crippen LogP contribution in [0.5, 0.6) is 0 Å². The zero-order chi connectivity index (χ0) is 12.2. The zero-order valence-electron chi connectivity index (χ0n) is 7.28. The van der Waals surface area contributed by atoms with Gasteiger partial charge in [-0.2, -0.15) is 12.6 Å². The van der Waals surface area contributed by atoms with Crippen molar-refractivity contribution in [3.8, 4) is 0 Å². The number of hydrazine groups is 1. The van der Waals surface area contributed by atoms with Gasteiger partial charge < -0.3 is 10.8 Å². The van der Waals surface area contributed by atoms with Crippen LogP contribution in [0.2, 0.25) is 0 Å². The van der Waals surface area contributed by atoms with E-state index in [0.29, 0.717) is 4.41 Å². The molecule has 0 aliphatic rings. The van der Waals surface area contributed by atoms with Gasteiger partial charge in [-0.25, -0.2) is 4.21 Å². The number of hydrogen-bond acceptors (Lipinski definition) is 5. The highest BCUT2D eigenvalue weighted by Crippen LogP contribution is 2.04. The minimum absolute atomic E-state index is 0.274. The largest absolute Gasteiger partial charge is 0.480 e. The van der Waals surface area contributed by atoms with E-state index >= 15 is 0 Å². The molecule has 11 heteroatoms. The molecule has 0 radical (unpaired) electrons. The van der Waals surface area contributed by atoms with Gasteiger partial charge in [-0.15, -0.1) is 0 Å². The van der Waals surface area contributed by atoms with Crippen molar-refractivity contribution >= 4 is 44.7 Å². The van der Waals surface area contributed by atoms with E-state index in [9.17, 15) is 9.00 Å². The Balaban J connectivity index is 5.08. The van der Waals surface area contributed by atoms with E-state index in [2.05, 4.69) is 23.8 Å². The van der Waals surface area contributed by atoms with Crippen LogP contribution >= 0.6 is 12.6 Å². The van der Waals surface area contributed by atoms with E-state index in [1.54, 1.807) is 0 Å². The maximum Gasteiger partial charge on any atom is 0.324 e. The van der Waals surface area contributed by atoms with Crippen LogP contribution in [0.15, 0.2) is 0 Å². The van der Waals surface area contributed by atoms with Crippen molar-refractivity contribution in [1.82, 2.24) is 9.84 Å². The first-order valence-corrected chi connectivity index (χ1v) is 6.44. The number of guanidine groups is 1. The van der Waals surface area contributed by atoms with Crippen molar-refractivity contribution in [2.45, 2.75) is 6.04 Å². The zero-order valence-corrected chi connectivity index (χ0v) is 9.81. The summed E-state index contributed by atoms with van der Waals surface area (Å²) in [6, 6.07) is -1.47. The Labute approximate surface area is 96.3 Å². The molecule has 0 fully saturated rings. The van der Waals surface area contributed by atoms with Gasteiger partial charge in [0, 0.05) is 16.9 Å². The lowest BCUT2D eigenvalue weighted by Gasteiger charge is -2.26. The van der Waals surface area contributed by atoms with Gasteiger partial charge in [0.05, 0.1) is 0 Å². The maximum atomic E-state index is 11.1. The lowest BCUT2D eigenvalue weighted by Crippen LogP contribution is -2.56. The monoisotopic (exact) mass is 274 g/mol. The molecule has 0 saturated carbocycles. The molecule has 0 amide bonds. The summed E-state index contributed by atoms with van der Waals surface area (Å²) < 4.78 is 20.5. The highest BCUT2D eigenvalue weighted by atomic mass is 32.8.